The molecule has 0 aliphatic carbocycles. The molecule has 0 N–H and O–H groups in total. The summed E-state index contributed by atoms with van der Waals surface area (Å²) in [5, 5.41) is 9.19. The first-order valence-corrected chi connectivity index (χ1v) is 5.96. The van der Waals surface area contributed by atoms with Crippen LogP contribution in [0.3, 0.4) is 0 Å². The summed E-state index contributed by atoms with van der Waals surface area (Å²) >= 11 is 0. The lowest BCUT2D eigenvalue weighted by Gasteiger charge is -2.27. The van der Waals surface area contributed by atoms with Crippen molar-refractivity contribution >= 4 is 0 Å². The molecule has 3 fully saturated rings. The molecular weight excluding hydrogens is 188 g/mol. The first kappa shape index (κ1) is 9.62. The molecule has 15 heavy (non-hydrogen) atoms. The van der Waals surface area contributed by atoms with Crippen molar-refractivity contribution in [2.75, 3.05) is 7.05 Å². The number of nitrogens with zero attached hydrogens (tertiary/aromatic N) is 2. The highest BCUT2D eigenvalue weighted by atomic mass is 16.6. The molecule has 0 aromatic rings. The van der Waals surface area contributed by atoms with Gasteiger partial charge < -0.3 is 4.74 Å². The van der Waals surface area contributed by atoms with Gasteiger partial charge in [-0.05, 0) is 46.1 Å². The fraction of sp³-hybridized carbons (Fsp3) is 0.917. The van der Waals surface area contributed by atoms with E-state index in [0.29, 0.717) is 6.04 Å². The maximum Gasteiger partial charge on any atom is 0.182 e. The Morgan fingerprint density at radius 3 is 2.87 bits per heavy atom. The Bertz CT molecular complexity index is 337. The van der Waals surface area contributed by atoms with E-state index < -0.39 is 5.60 Å². The largest absolute Gasteiger partial charge is 0.345 e. The van der Waals surface area contributed by atoms with Crippen molar-refractivity contribution in [3.8, 4) is 6.07 Å². The Kier molecular flexibility index (Phi) is 1.76. The number of ether oxygens (including phenoxy) is 1. The van der Waals surface area contributed by atoms with Gasteiger partial charge in [-0.3, -0.25) is 4.90 Å². The lowest BCUT2D eigenvalue weighted by atomic mass is 9.82. The third kappa shape index (κ3) is 1.02. The molecule has 3 aliphatic rings. The second-order valence-electron chi connectivity index (χ2n) is 5.44. The van der Waals surface area contributed by atoms with Crippen LogP contribution in [0.4, 0.5) is 0 Å². The standard InChI is InChI=1S/C12H18N2O/c1-11(8-13)12(15-11)7-3-4-9-5-6-10(12)14(9)2/h9-10H,3-7H2,1-2H3/t9-,10-,11?,12?/m1/s1. The van der Waals surface area contributed by atoms with E-state index in [9.17, 15) is 5.26 Å². The van der Waals surface area contributed by atoms with Gasteiger partial charge in [-0.2, -0.15) is 5.26 Å². The summed E-state index contributed by atoms with van der Waals surface area (Å²) in [6.07, 6.45) is 6.05. The van der Waals surface area contributed by atoms with Crippen molar-refractivity contribution in [3.05, 3.63) is 0 Å². The zero-order valence-corrected chi connectivity index (χ0v) is 9.49. The van der Waals surface area contributed by atoms with Gasteiger partial charge >= 0.3 is 0 Å². The van der Waals surface area contributed by atoms with E-state index in [0.717, 1.165) is 12.5 Å². The van der Waals surface area contributed by atoms with Crippen LogP contribution in [-0.2, 0) is 4.74 Å². The summed E-state index contributed by atoms with van der Waals surface area (Å²) in [5.74, 6) is 0. The van der Waals surface area contributed by atoms with Crippen LogP contribution in [0.25, 0.3) is 0 Å². The van der Waals surface area contributed by atoms with Crippen molar-refractivity contribution in [3.63, 3.8) is 0 Å². The van der Waals surface area contributed by atoms with Crippen molar-refractivity contribution in [1.82, 2.24) is 4.90 Å². The Balaban J connectivity index is 1.95. The SMILES string of the molecule is CN1[C@@H]2CCCC3(OC3(C)C#N)[C@H]1CC2. The quantitative estimate of drug-likeness (QED) is 0.566. The van der Waals surface area contributed by atoms with Gasteiger partial charge in [0.2, 0.25) is 0 Å². The van der Waals surface area contributed by atoms with Gasteiger partial charge in [0.25, 0.3) is 0 Å². The first-order chi connectivity index (χ1) is 7.13. The molecule has 3 rings (SSSR count). The van der Waals surface area contributed by atoms with Crippen LogP contribution in [0.2, 0.25) is 0 Å². The molecule has 3 aliphatic heterocycles. The predicted molar refractivity (Wildman–Crippen MR) is 56.3 cm³/mol. The summed E-state index contributed by atoms with van der Waals surface area (Å²) in [5.41, 5.74) is -0.646. The third-order valence-corrected chi connectivity index (χ3v) is 4.83. The normalized spacial score (nSPS) is 53.9. The maximum absolute atomic E-state index is 9.19. The van der Waals surface area contributed by atoms with Crippen molar-refractivity contribution in [2.24, 2.45) is 0 Å². The van der Waals surface area contributed by atoms with Gasteiger partial charge in [-0.15, -0.1) is 0 Å². The number of fused-ring (bicyclic) bond motifs is 3. The summed E-state index contributed by atoms with van der Waals surface area (Å²) in [6, 6.07) is 3.58. The van der Waals surface area contributed by atoms with Crippen molar-refractivity contribution in [1.29, 1.82) is 5.26 Å². The lowest BCUT2D eigenvalue weighted by Crippen LogP contribution is -2.43. The Hall–Kier alpha value is -0.590. The van der Waals surface area contributed by atoms with Gasteiger partial charge in [-0.25, -0.2) is 0 Å². The second kappa shape index (κ2) is 2.75. The molecular formula is C12H18N2O. The Morgan fingerprint density at radius 1 is 1.40 bits per heavy atom. The molecule has 1 spiro atoms. The summed E-state index contributed by atoms with van der Waals surface area (Å²) in [4.78, 5) is 2.47. The zero-order valence-electron chi connectivity index (χ0n) is 9.49. The maximum atomic E-state index is 9.19. The van der Waals surface area contributed by atoms with E-state index in [4.69, 9.17) is 4.74 Å². The van der Waals surface area contributed by atoms with Crippen LogP contribution in [0.15, 0.2) is 0 Å². The molecule has 82 valence electrons. The van der Waals surface area contributed by atoms with Gasteiger partial charge in [0.05, 0.1) is 0 Å². The molecule has 0 aromatic carbocycles. The number of likely N-dealkylation sites (N-methyl/N-ethyl adjacent to an activating group) is 1. The van der Waals surface area contributed by atoms with E-state index in [1.165, 1.54) is 25.7 Å². The molecule has 4 atom stereocenters. The van der Waals surface area contributed by atoms with Crippen LogP contribution in [0, 0.1) is 11.3 Å². The fourth-order valence-electron chi connectivity index (χ4n) is 3.82. The van der Waals surface area contributed by atoms with Gasteiger partial charge in [-0.1, -0.05) is 0 Å². The number of nitriles is 1. The van der Waals surface area contributed by atoms with Crippen molar-refractivity contribution < 1.29 is 4.74 Å². The molecule has 2 unspecified atom stereocenters. The van der Waals surface area contributed by atoms with Crippen molar-refractivity contribution in [2.45, 2.75) is 62.3 Å². The summed E-state index contributed by atoms with van der Waals surface area (Å²) in [7, 11) is 2.20. The van der Waals surface area contributed by atoms with E-state index in [1.807, 2.05) is 6.92 Å². The first-order valence-electron chi connectivity index (χ1n) is 5.96. The van der Waals surface area contributed by atoms with Crippen LogP contribution < -0.4 is 0 Å². The molecule has 3 heterocycles. The van der Waals surface area contributed by atoms with Crippen LogP contribution in [0.1, 0.15) is 39.0 Å². The van der Waals surface area contributed by atoms with E-state index in [2.05, 4.69) is 18.0 Å². The monoisotopic (exact) mass is 206 g/mol. The highest BCUT2D eigenvalue weighted by molar-refractivity contribution is 5.30. The lowest BCUT2D eigenvalue weighted by molar-refractivity contribution is 0.153. The van der Waals surface area contributed by atoms with Gasteiger partial charge in [0.15, 0.2) is 5.60 Å². The number of hydrogen-bond acceptors (Lipinski definition) is 3. The molecule has 0 radical (unpaired) electrons. The number of epoxide rings is 1. The van der Waals surface area contributed by atoms with Crippen LogP contribution >= 0.6 is 0 Å². The summed E-state index contributed by atoms with van der Waals surface area (Å²) < 4.78 is 5.86. The molecule has 0 saturated carbocycles. The molecule has 2 bridgehead atoms. The zero-order chi connectivity index (χ0) is 10.7. The number of hydrogen-bond donors (Lipinski definition) is 0. The Morgan fingerprint density at radius 2 is 2.20 bits per heavy atom. The van der Waals surface area contributed by atoms with E-state index in [1.54, 1.807) is 0 Å². The average molecular weight is 206 g/mol. The molecule has 0 amide bonds. The number of rotatable bonds is 0. The van der Waals surface area contributed by atoms with Crippen LogP contribution in [-0.4, -0.2) is 35.2 Å². The Labute approximate surface area is 91.0 Å². The van der Waals surface area contributed by atoms with Crippen LogP contribution in [0.5, 0.6) is 0 Å². The highest BCUT2D eigenvalue weighted by Crippen LogP contribution is 2.58. The minimum absolute atomic E-state index is 0.137. The topological polar surface area (TPSA) is 39.6 Å². The van der Waals surface area contributed by atoms with E-state index in [-0.39, 0.29) is 5.60 Å². The summed E-state index contributed by atoms with van der Waals surface area (Å²) in [6.45, 7) is 1.96. The molecule has 3 nitrogen and oxygen atoms in total. The minimum atomic E-state index is -0.509. The van der Waals surface area contributed by atoms with E-state index >= 15 is 0 Å². The highest BCUT2D eigenvalue weighted by Gasteiger charge is 2.73. The molecule has 0 aromatic heterocycles. The second-order valence-corrected chi connectivity index (χ2v) is 5.44. The predicted octanol–water partition coefficient (Wildman–Crippen LogP) is 1.68. The third-order valence-electron chi connectivity index (χ3n) is 4.83. The van der Waals surface area contributed by atoms with Gasteiger partial charge in [0.1, 0.15) is 11.7 Å². The molecule has 3 heteroatoms. The fourth-order valence-corrected chi connectivity index (χ4v) is 3.82. The molecule has 3 saturated heterocycles. The van der Waals surface area contributed by atoms with Gasteiger partial charge in [0, 0.05) is 12.1 Å². The minimum Gasteiger partial charge on any atom is -0.345 e. The smallest absolute Gasteiger partial charge is 0.182 e. The average Bonchev–Trinajstić information content (AvgIpc) is 2.68.